The highest BCUT2D eigenvalue weighted by molar-refractivity contribution is 7.92. The van der Waals surface area contributed by atoms with Gasteiger partial charge in [0.25, 0.3) is 5.69 Å². The summed E-state index contributed by atoms with van der Waals surface area (Å²) >= 11 is 0. The topological polar surface area (TPSA) is 80.5 Å². The molecule has 0 radical (unpaired) electrons. The van der Waals surface area contributed by atoms with E-state index >= 15 is 0 Å². The molecule has 1 aromatic carbocycles. The van der Waals surface area contributed by atoms with Crippen LogP contribution in [0.2, 0.25) is 0 Å². The van der Waals surface area contributed by atoms with Crippen molar-refractivity contribution in [1.82, 2.24) is 4.90 Å². The molecule has 1 atom stereocenters. The lowest BCUT2D eigenvalue weighted by Gasteiger charge is -2.19. The quantitative estimate of drug-likeness (QED) is 0.629. The fraction of sp³-hybridized carbons (Fsp3) is 0.571. The van der Waals surface area contributed by atoms with Gasteiger partial charge in [-0.05, 0) is 32.4 Å². The van der Waals surface area contributed by atoms with Crippen molar-refractivity contribution in [2.24, 2.45) is 0 Å². The van der Waals surface area contributed by atoms with Gasteiger partial charge in [0.1, 0.15) is 0 Å². The van der Waals surface area contributed by atoms with Crippen molar-refractivity contribution in [2.75, 3.05) is 18.8 Å². The minimum atomic E-state index is -3.00. The zero-order valence-corrected chi connectivity index (χ0v) is 13.1. The van der Waals surface area contributed by atoms with Gasteiger partial charge in [0.15, 0.2) is 9.84 Å². The summed E-state index contributed by atoms with van der Waals surface area (Å²) in [7, 11) is -3.00. The molecule has 1 aliphatic heterocycles. The van der Waals surface area contributed by atoms with E-state index in [-0.39, 0.29) is 21.6 Å². The molecule has 0 aliphatic carbocycles. The number of hydrogen-bond acceptors (Lipinski definition) is 5. The first-order valence-corrected chi connectivity index (χ1v) is 8.69. The summed E-state index contributed by atoms with van der Waals surface area (Å²) in [6.45, 7) is 5.18. The average Bonchev–Trinajstić information content (AvgIpc) is 2.54. The number of sulfone groups is 1. The Bertz CT molecular complexity index is 642. The molecule has 1 saturated heterocycles. The summed E-state index contributed by atoms with van der Waals surface area (Å²) in [6, 6.07) is 5.19. The number of nitro benzene ring substituents is 1. The number of rotatable bonds is 3. The molecular formula is C14H20N2O4S. The van der Waals surface area contributed by atoms with Crippen LogP contribution in [0.25, 0.3) is 0 Å². The molecule has 0 aromatic heterocycles. The van der Waals surface area contributed by atoms with Crippen LogP contribution in [0.1, 0.15) is 24.5 Å². The van der Waals surface area contributed by atoms with E-state index in [2.05, 4.69) is 4.90 Å². The highest BCUT2D eigenvalue weighted by atomic mass is 32.2. The van der Waals surface area contributed by atoms with E-state index in [1.807, 2.05) is 6.07 Å². The second kappa shape index (κ2) is 6.11. The lowest BCUT2D eigenvalue weighted by atomic mass is 10.1. The van der Waals surface area contributed by atoms with Crippen LogP contribution in [0, 0.1) is 17.0 Å². The first-order chi connectivity index (χ1) is 9.79. The Hall–Kier alpha value is -1.47. The van der Waals surface area contributed by atoms with Crippen LogP contribution in [-0.2, 0) is 16.4 Å². The minimum Gasteiger partial charge on any atom is -0.298 e. The predicted molar refractivity (Wildman–Crippen MR) is 81.0 cm³/mol. The number of aryl methyl sites for hydroxylation is 1. The summed E-state index contributed by atoms with van der Waals surface area (Å²) in [5.74, 6) is 0.155. The molecule has 2 rings (SSSR count). The van der Waals surface area contributed by atoms with E-state index in [4.69, 9.17) is 0 Å². The van der Waals surface area contributed by atoms with E-state index in [1.165, 1.54) is 0 Å². The normalized spacial score (nSPS) is 22.7. The third-order valence-corrected chi connectivity index (χ3v) is 6.25. The van der Waals surface area contributed by atoms with Crippen LogP contribution in [0.5, 0.6) is 0 Å². The van der Waals surface area contributed by atoms with Crippen LogP contribution in [0.3, 0.4) is 0 Å². The maximum Gasteiger partial charge on any atom is 0.272 e. The lowest BCUT2D eigenvalue weighted by molar-refractivity contribution is -0.385. The zero-order valence-electron chi connectivity index (χ0n) is 12.3. The molecule has 7 heteroatoms. The molecular weight excluding hydrogens is 292 g/mol. The van der Waals surface area contributed by atoms with E-state index in [1.54, 1.807) is 26.0 Å². The Morgan fingerprint density at radius 3 is 2.76 bits per heavy atom. The Labute approximate surface area is 124 Å². The van der Waals surface area contributed by atoms with Gasteiger partial charge in [0.05, 0.1) is 15.9 Å². The maximum atomic E-state index is 11.9. The third-order valence-electron chi connectivity index (χ3n) is 4.03. The molecule has 0 amide bonds. The van der Waals surface area contributed by atoms with E-state index < -0.39 is 9.84 Å². The minimum absolute atomic E-state index is 0.114. The number of hydrogen-bond donors (Lipinski definition) is 0. The SMILES string of the molecule is Cc1ccc(CN2CCC(C)S(=O)(=O)CC2)cc1[N+](=O)[O-]. The fourth-order valence-electron chi connectivity index (χ4n) is 2.48. The fourth-order valence-corrected chi connectivity index (χ4v) is 3.86. The number of benzene rings is 1. The van der Waals surface area contributed by atoms with Gasteiger partial charge in [-0.2, -0.15) is 0 Å². The van der Waals surface area contributed by atoms with E-state index in [0.29, 0.717) is 31.6 Å². The number of nitro groups is 1. The highest BCUT2D eigenvalue weighted by Gasteiger charge is 2.26. The van der Waals surface area contributed by atoms with Gasteiger partial charge in [0.2, 0.25) is 0 Å². The van der Waals surface area contributed by atoms with Crippen LogP contribution >= 0.6 is 0 Å². The van der Waals surface area contributed by atoms with Crippen LogP contribution < -0.4 is 0 Å². The first-order valence-electron chi connectivity index (χ1n) is 6.97. The van der Waals surface area contributed by atoms with Gasteiger partial charge in [0, 0.05) is 24.7 Å². The maximum absolute atomic E-state index is 11.9. The monoisotopic (exact) mass is 312 g/mol. The summed E-state index contributed by atoms with van der Waals surface area (Å²) < 4.78 is 23.7. The molecule has 0 spiro atoms. The Morgan fingerprint density at radius 2 is 2.10 bits per heavy atom. The van der Waals surface area contributed by atoms with E-state index in [0.717, 1.165) is 5.56 Å². The molecule has 6 nitrogen and oxygen atoms in total. The van der Waals surface area contributed by atoms with Crippen LogP contribution in [0.15, 0.2) is 18.2 Å². The second-order valence-corrected chi connectivity index (χ2v) is 8.16. The molecule has 1 heterocycles. The van der Waals surface area contributed by atoms with Crippen LogP contribution in [-0.4, -0.2) is 42.3 Å². The largest absolute Gasteiger partial charge is 0.298 e. The van der Waals surface area contributed by atoms with Crippen molar-refractivity contribution >= 4 is 15.5 Å². The zero-order chi connectivity index (χ0) is 15.6. The second-order valence-electron chi connectivity index (χ2n) is 5.62. The average molecular weight is 312 g/mol. The summed E-state index contributed by atoms with van der Waals surface area (Å²) in [5.41, 5.74) is 1.60. The Kier molecular flexibility index (Phi) is 4.63. The van der Waals surface area contributed by atoms with E-state index in [9.17, 15) is 18.5 Å². The molecule has 21 heavy (non-hydrogen) atoms. The molecule has 0 saturated carbocycles. The standard InChI is InChI=1S/C14H20N2O4S/c1-11-3-4-13(9-14(11)16(17)18)10-15-6-5-12(2)21(19,20)8-7-15/h3-4,9,12H,5-8,10H2,1-2H3. The summed E-state index contributed by atoms with van der Waals surface area (Å²) in [4.78, 5) is 12.6. The van der Waals surface area contributed by atoms with Gasteiger partial charge in [-0.25, -0.2) is 8.42 Å². The molecule has 1 unspecified atom stereocenters. The number of nitrogens with zero attached hydrogens (tertiary/aromatic N) is 2. The predicted octanol–water partition coefficient (Wildman–Crippen LogP) is 1.91. The van der Waals surface area contributed by atoms with Gasteiger partial charge in [-0.15, -0.1) is 0 Å². The summed E-state index contributed by atoms with van der Waals surface area (Å²) in [6.07, 6.45) is 0.607. The van der Waals surface area contributed by atoms with Gasteiger partial charge < -0.3 is 0 Å². The highest BCUT2D eigenvalue weighted by Crippen LogP contribution is 2.21. The third kappa shape index (κ3) is 3.79. The molecule has 1 aliphatic rings. The van der Waals surface area contributed by atoms with Crippen molar-refractivity contribution in [3.05, 3.63) is 39.4 Å². The lowest BCUT2D eigenvalue weighted by Crippen LogP contribution is -2.26. The van der Waals surface area contributed by atoms with Crippen molar-refractivity contribution in [3.8, 4) is 0 Å². The van der Waals surface area contributed by atoms with Crippen LogP contribution in [0.4, 0.5) is 5.69 Å². The molecule has 1 aromatic rings. The Balaban J connectivity index is 2.12. The van der Waals surface area contributed by atoms with Gasteiger partial charge in [-0.1, -0.05) is 12.1 Å². The first kappa shape index (κ1) is 15.9. The van der Waals surface area contributed by atoms with Gasteiger partial charge >= 0.3 is 0 Å². The van der Waals surface area contributed by atoms with Crippen molar-refractivity contribution in [3.63, 3.8) is 0 Å². The van der Waals surface area contributed by atoms with Crippen molar-refractivity contribution < 1.29 is 13.3 Å². The smallest absolute Gasteiger partial charge is 0.272 e. The Morgan fingerprint density at radius 1 is 1.38 bits per heavy atom. The molecule has 0 N–H and O–H groups in total. The molecule has 1 fully saturated rings. The molecule has 116 valence electrons. The van der Waals surface area contributed by atoms with Gasteiger partial charge in [-0.3, -0.25) is 15.0 Å². The summed E-state index contributed by atoms with van der Waals surface area (Å²) in [5, 5.41) is 10.7. The van der Waals surface area contributed by atoms with Crippen molar-refractivity contribution in [2.45, 2.75) is 32.1 Å². The van der Waals surface area contributed by atoms with Crippen molar-refractivity contribution in [1.29, 1.82) is 0 Å². The molecule has 0 bridgehead atoms.